The van der Waals surface area contributed by atoms with Crippen LogP contribution >= 0.6 is 11.6 Å². The molecule has 5 rings (SSSR count). The summed E-state index contributed by atoms with van der Waals surface area (Å²) >= 11 is 6.87. The van der Waals surface area contributed by atoms with Crippen LogP contribution in [0.1, 0.15) is 30.1 Å². The molecule has 180 valence electrons. The predicted octanol–water partition coefficient (Wildman–Crippen LogP) is 4.83. The number of nitrogens with one attached hydrogen (secondary N) is 1. The number of carbonyl (C=O) groups is 1. The molecule has 0 unspecified atom stereocenters. The summed E-state index contributed by atoms with van der Waals surface area (Å²) in [5.41, 5.74) is 10.9. The summed E-state index contributed by atoms with van der Waals surface area (Å²) in [5.74, 6) is -0.850. The first-order valence-corrected chi connectivity index (χ1v) is 11.7. The predicted molar refractivity (Wildman–Crippen MR) is 134 cm³/mol. The lowest BCUT2D eigenvalue weighted by Gasteiger charge is -2.32. The molecule has 0 radical (unpaired) electrons. The van der Waals surface area contributed by atoms with Gasteiger partial charge in [-0.05, 0) is 50.5 Å². The summed E-state index contributed by atoms with van der Waals surface area (Å²) in [6.45, 7) is 8.71. The van der Waals surface area contributed by atoms with E-state index in [-0.39, 0.29) is 17.8 Å². The number of rotatable bonds is 4. The van der Waals surface area contributed by atoms with E-state index in [0.29, 0.717) is 29.4 Å². The number of fused-ring (bicyclic) bond motifs is 1. The molecule has 1 aromatic carbocycles. The van der Waals surface area contributed by atoms with Crippen LogP contribution in [0.2, 0.25) is 5.02 Å². The molecule has 4 aromatic rings. The van der Waals surface area contributed by atoms with Crippen LogP contribution in [0.5, 0.6) is 0 Å². The second-order valence-electron chi connectivity index (χ2n) is 8.82. The zero-order valence-electron chi connectivity index (χ0n) is 19.5. The van der Waals surface area contributed by atoms with Gasteiger partial charge in [-0.2, -0.15) is 10.2 Å². The van der Waals surface area contributed by atoms with Gasteiger partial charge in [-0.3, -0.25) is 14.6 Å². The topological polar surface area (TPSA) is 106 Å². The number of aromatic amines is 1. The van der Waals surface area contributed by atoms with Gasteiger partial charge in [-0.1, -0.05) is 18.2 Å². The zero-order valence-corrected chi connectivity index (χ0v) is 20.2. The Kier molecular flexibility index (Phi) is 5.80. The lowest BCUT2D eigenvalue weighted by Crippen LogP contribution is -2.38. The van der Waals surface area contributed by atoms with E-state index in [0.717, 1.165) is 46.1 Å². The fraction of sp³-hybridized carbons (Fsp3) is 0.280. The molecule has 0 spiro atoms. The number of nitrogens with zero attached hydrogens (tertiary/aromatic N) is 5. The highest BCUT2D eigenvalue weighted by Gasteiger charge is 2.29. The summed E-state index contributed by atoms with van der Waals surface area (Å²) in [5, 5.41) is 13.6. The van der Waals surface area contributed by atoms with Crippen molar-refractivity contribution in [3.05, 3.63) is 59.3 Å². The van der Waals surface area contributed by atoms with Crippen LogP contribution in [0.3, 0.4) is 0 Å². The minimum atomic E-state index is -0.610. The molecule has 1 amide bonds. The number of pyridine rings is 1. The summed E-state index contributed by atoms with van der Waals surface area (Å²) in [6.07, 6.45) is 6.07. The van der Waals surface area contributed by atoms with Gasteiger partial charge in [0.25, 0.3) is 0 Å². The van der Waals surface area contributed by atoms with Crippen molar-refractivity contribution in [3.63, 3.8) is 0 Å². The molecule has 8 nitrogen and oxygen atoms in total. The highest BCUT2D eigenvalue weighted by Crippen LogP contribution is 2.44. The van der Waals surface area contributed by atoms with Crippen LogP contribution in [-0.2, 0) is 4.79 Å². The normalized spacial score (nSPS) is 14.6. The second kappa shape index (κ2) is 8.81. The number of carbonyl (C=O) groups excluding carboxylic acids is 1. The first-order valence-electron chi connectivity index (χ1n) is 11.3. The quantitative estimate of drug-likeness (QED) is 0.396. The molecule has 1 fully saturated rings. The Morgan fingerprint density at radius 3 is 2.69 bits per heavy atom. The molecular weight excluding hydrogens is 469 g/mol. The number of nitrogens with two attached hydrogens (primary N) is 1. The van der Waals surface area contributed by atoms with Crippen molar-refractivity contribution in [1.29, 1.82) is 0 Å². The Morgan fingerprint density at radius 1 is 1.26 bits per heavy atom. The molecule has 3 N–H and O–H groups in total. The third kappa shape index (κ3) is 3.85. The van der Waals surface area contributed by atoms with E-state index < -0.39 is 5.82 Å². The third-order valence-electron chi connectivity index (χ3n) is 6.70. The van der Waals surface area contributed by atoms with E-state index in [1.807, 2.05) is 24.6 Å². The fourth-order valence-corrected chi connectivity index (χ4v) is 5.11. The summed E-state index contributed by atoms with van der Waals surface area (Å²) in [7, 11) is 0. The number of likely N-dealkylation sites (tertiary alicyclic amines) is 1. The molecule has 0 aliphatic carbocycles. The third-order valence-corrected chi connectivity index (χ3v) is 7.19. The van der Waals surface area contributed by atoms with Crippen molar-refractivity contribution in [2.75, 3.05) is 18.8 Å². The zero-order chi connectivity index (χ0) is 24.9. The number of aryl methyl sites for hydroxylation is 1. The van der Waals surface area contributed by atoms with Gasteiger partial charge in [0.05, 0.1) is 22.8 Å². The van der Waals surface area contributed by atoms with Crippen LogP contribution in [-0.4, -0.2) is 48.9 Å². The van der Waals surface area contributed by atoms with Gasteiger partial charge in [0, 0.05) is 47.1 Å². The standard InChI is InChI=1S/C25H25ClFN7O/c1-4-20(35)33-7-5-16(6-8-33)34-14(3)21(24(32-34)15-10-18(27)25(28)29-11-15)22-17-12-30-31-19(17)9-13(2)23(22)26/h4,9-12,16H,1,5-8H2,2-3H3,(H2,28,29)(H,30,31). The summed E-state index contributed by atoms with van der Waals surface area (Å²) < 4.78 is 16.4. The number of nitrogen functional groups attached to an aromatic ring is 1. The van der Waals surface area contributed by atoms with E-state index in [1.165, 1.54) is 18.3 Å². The highest BCUT2D eigenvalue weighted by atomic mass is 35.5. The fourth-order valence-electron chi connectivity index (χ4n) is 4.86. The van der Waals surface area contributed by atoms with Crippen molar-refractivity contribution in [2.24, 2.45) is 0 Å². The number of amides is 1. The Morgan fingerprint density at radius 2 is 2.00 bits per heavy atom. The largest absolute Gasteiger partial charge is 0.381 e. The van der Waals surface area contributed by atoms with Gasteiger partial charge in [0.1, 0.15) is 5.69 Å². The minimum absolute atomic E-state index is 0.0615. The number of H-pyrrole nitrogens is 1. The van der Waals surface area contributed by atoms with Crippen LogP contribution in [0.4, 0.5) is 10.2 Å². The van der Waals surface area contributed by atoms with Gasteiger partial charge >= 0.3 is 0 Å². The van der Waals surface area contributed by atoms with E-state index >= 15 is 0 Å². The molecule has 4 heterocycles. The van der Waals surface area contributed by atoms with Crippen LogP contribution in [0.15, 0.2) is 37.2 Å². The smallest absolute Gasteiger partial charge is 0.245 e. The molecule has 0 saturated carbocycles. The number of hydrogen-bond donors (Lipinski definition) is 2. The summed E-state index contributed by atoms with van der Waals surface area (Å²) in [6, 6.07) is 3.36. The van der Waals surface area contributed by atoms with Crippen molar-refractivity contribution >= 4 is 34.2 Å². The maximum atomic E-state index is 14.5. The Bertz CT molecular complexity index is 1470. The molecule has 1 aliphatic rings. The second-order valence-corrected chi connectivity index (χ2v) is 9.20. The number of benzene rings is 1. The maximum absolute atomic E-state index is 14.5. The SMILES string of the molecule is C=CC(=O)N1CCC(n2nc(-c3cnc(N)c(F)c3)c(-c3c(Cl)c(C)cc4[nH]ncc34)c2C)CC1. The number of anilines is 1. The number of halogens is 2. The number of piperidine rings is 1. The average molecular weight is 494 g/mol. The van der Waals surface area contributed by atoms with Gasteiger partial charge in [0.2, 0.25) is 5.91 Å². The maximum Gasteiger partial charge on any atom is 0.245 e. The molecular formula is C25H25ClFN7O. The van der Waals surface area contributed by atoms with Crippen molar-refractivity contribution in [1.82, 2.24) is 29.9 Å². The van der Waals surface area contributed by atoms with E-state index in [9.17, 15) is 9.18 Å². The average Bonchev–Trinajstić information content (AvgIpc) is 3.45. The molecule has 0 bridgehead atoms. The molecule has 3 aromatic heterocycles. The van der Waals surface area contributed by atoms with Gasteiger partial charge in [-0.15, -0.1) is 0 Å². The summed E-state index contributed by atoms with van der Waals surface area (Å²) in [4.78, 5) is 17.9. The van der Waals surface area contributed by atoms with E-state index in [2.05, 4.69) is 21.8 Å². The molecule has 1 aliphatic heterocycles. The van der Waals surface area contributed by atoms with Crippen molar-refractivity contribution in [2.45, 2.75) is 32.7 Å². The Hall–Kier alpha value is -3.72. The van der Waals surface area contributed by atoms with Gasteiger partial charge in [-0.25, -0.2) is 9.37 Å². The Balaban J connectivity index is 1.70. The number of aromatic nitrogens is 5. The van der Waals surface area contributed by atoms with Gasteiger partial charge in [0.15, 0.2) is 11.6 Å². The first-order chi connectivity index (χ1) is 16.8. The van der Waals surface area contributed by atoms with Crippen LogP contribution < -0.4 is 5.73 Å². The first kappa shape index (κ1) is 23.0. The highest BCUT2D eigenvalue weighted by molar-refractivity contribution is 6.36. The molecule has 35 heavy (non-hydrogen) atoms. The molecule has 0 atom stereocenters. The minimum Gasteiger partial charge on any atom is -0.381 e. The van der Waals surface area contributed by atoms with Crippen LogP contribution in [0.25, 0.3) is 33.3 Å². The lowest BCUT2D eigenvalue weighted by atomic mass is 9.95. The monoisotopic (exact) mass is 493 g/mol. The van der Waals surface area contributed by atoms with E-state index in [4.69, 9.17) is 22.4 Å². The van der Waals surface area contributed by atoms with Crippen molar-refractivity contribution in [3.8, 4) is 22.4 Å². The lowest BCUT2D eigenvalue weighted by molar-refractivity contribution is -0.127. The van der Waals surface area contributed by atoms with E-state index in [1.54, 1.807) is 11.1 Å². The van der Waals surface area contributed by atoms with Crippen LogP contribution in [0, 0.1) is 19.7 Å². The number of hydrogen-bond acceptors (Lipinski definition) is 5. The molecule has 1 saturated heterocycles. The molecule has 10 heteroatoms. The Labute approximate surface area is 206 Å². The van der Waals surface area contributed by atoms with Gasteiger partial charge < -0.3 is 10.6 Å². The van der Waals surface area contributed by atoms with Crippen molar-refractivity contribution < 1.29 is 9.18 Å².